The van der Waals surface area contributed by atoms with E-state index in [1.165, 1.54) is 11.3 Å². The fourth-order valence-electron chi connectivity index (χ4n) is 2.14. The maximum atomic E-state index is 12.7. The third kappa shape index (κ3) is 3.91. The van der Waals surface area contributed by atoms with Crippen molar-refractivity contribution in [3.8, 4) is 0 Å². The smallest absolute Gasteiger partial charge is 0.195 e. The molecule has 0 spiro atoms. The molecular weight excluding hydrogens is 351 g/mol. The van der Waals surface area contributed by atoms with Gasteiger partial charge in [0, 0.05) is 32.9 Å². The number of anilines is 1. The Morgan fingerprint density at radius 1 is 1.09 bits per heavy atom. The van der Waals surface area contributed by atoms with E-state index in [4.69, 9.17) is 23.2 Å². The van der Waals surface area contributed by atoms with Gasteiger partial charge in [0.05, 0.1) is 6.54 Å². The first kappa shape index (κ1) is 16.0. The molecule has 0 unspecified atom stereocenters. The Morgan fingerprint density at radius 2 is 1.83 bits per heavy atom. The van der Waals surface area contributed by atoms with Crippen LogP contribution < -0.4 is 5.32 Å². The van der Waals surface area contributed by atoms with Gasteiger partial charge in [-0.05, 0) is 36.4 Å². The number of ketones is 1. The Labute approximate surface area is 147 Å². The molecule has 0 bridgehead atoms. The summed E-state index contributed by atoms with van der Waals surface area (Å²) in [6, 6.07) is 14.3. The molecule has 3 nitrogen and oxygen atoms in total. The summed E-state index contributed by atoms with van der Waals surface area (Å²) in [7, 11) is 0. The summed E-state index contributed by atoms with van der Waals surface area (Å²) in [6.07, 6.45) is 1.73. The highest BCUT2D eigenvalue weighted by Crippen LogP contribution is 2.23. The van der Waals surface area contributed by atoms with E-state index in [1.54, 1.807) is 36.5 Å². The van der Waals surface area contributed by atoms with E-state index in [1.807, 2.05) is 18.2 Å². The molecular formula is C17H12Cl2N2OS. The number of carbonyl (C=O) groups is 1. The number of rotatable bonds is 5. The topological polar surface area (TPSA) is 42.0 Å². The van der Waals surface area contributed by atoms with Gasteiger partial charge in [-0.2, -0.15) is 0 Å². The van der Waals surface area contributed by atoms with Gasteiger partial charge in [0.15, 0.2) is 10.3 Å². The van der Waals surface area contributed by atoms with E-state index < -0.39 is 0 Å². The van der Waals surface area contributed by atoms with Gasteiger partial charge in [0.1, 0.15) is 0 Å². The lowest BCUT2D eigenvalue weighted by Crippen LogP contribution is -2.07. The molecule has 3 aromatic rings. The number of carbonyl (C=O) groups excluding carboxylic acids is 1. The predicted molar refractivity (Wildman–Crippen MR) is 95.8 cm³/mol. The van der Waals surface area contributed by atoms with E-state index in [0.717, 1.165) is 10.6 Å². The number of halogens is 2. The molecule has 3 rings (SSSR count). The van der Waals surface area contributed by atoms with Crippen LogP contribution >= 0.6 is 34.5 Å². The average molecular weight is 363 g/mol. The van der Waals surface area contributed by atoms with Crippen molar-refractivity contribution in [3.63, 3.8) is 0 Å². The summed E-state index contributed by atoms with van der Waals surface area (Å²) >= 11 is 13.1. The second-order valence-corrected chi connectivity index (χ2v) is 6.95. The van der Waals surface area contributed by atoms with Crippen LogP contribution in [0.3, 0.4) is 0 Å². The zero-order chi connectivity index (χ0) is 16.2. The summed E-state index contributed by atoms with van der Waals surface area (Å²) in [5.41, 5.74) is 1.99. The molecule has 0 saturated carbocycles. The van der Waals surface area contributed by atoms with Crippen molar-refractivity contribution in [2.45, 2.75) is 6.54 Å². The normalized spacial score (nSPS) is 10.5. The Kier molecular flexibility index (Phi) is 4.96. The Hall–Kier alpha value is -1.88. The molecule has 0 amide bonds. The first-order valence-electron chi connectivity index (χ1n) is 6.87. The highest BCUT2D eigenvalue weighted by Gasteiger charge is 2.13. The van der Waals surface area contributed by atoms with E-state index in [9.17, 15) is 4.79 Å². The summed E-state index contributed by atoms with van der Waals surface area (Å²) in [5.74, 6) is -0.0490. The molecule has 6 heteroatoms. The molecule has 0 radical (unpaired) electrons. The van der Waals surface area contributed by atoms with Crippen LogP contribution in [0.25, 0.3) is 0 Å². The van der Waals surface area contributed by atoms with Crippen LogP contribution in [-0.4, -0.2) is 10.8 Å². The largest absolute Gasteiger partial charge is 0.379 e. The minimum atomic E-state index is -0.0490. The number of aromatic nitrogens is 1. The third-order valence-electron chi connectivity index (χ3n) is 3.26. The molecule has 1 aromatic heterocycles. The molecule has 0 atom stereocenters. The van der Waals surface area contributed by atoms with Crippen molar-refractivity contribution in [2.75, 3.05) is 5.32 Å². The van der Waals surface area contributed by atoms with Gasteiger partial charge in [0.2, 0.25) is 0 Å². The van der Waals surface area contributed by atoms with Gasteiger partial charge in [0.25, 0.3) is 0 Å². The molecule has 0 aliphatic carbocycles. The van der Waals surface area contributed by atoms with Crippen LogP contribution in [0, 0.1) is 0 Å². The standard InChI is InChI=1S/C17H12Cl2N2OS/c18-12-7-5-11(6-8-12)16(22)14-3-1-2-4-15(14)20-9-13-10-21-17(19)23-13/h1-8,10,20H,9H2. The van der Waals surface area contributed by atoms with Gasteiger partial charge in [-0.1, -0.05) is 35.3 Å². The zero-order valence-corrected chi connectivity index (χ0v) is 14.3. The Balaban J connectivity index is 1.82. The van der Waals surface area contributed by atoms with Gasteiger partial charge in [-0.15, -0.1) is 11.3 Å². The number of thiazole rings is 1. The average Bonchev–Trinajstić information content (AvgIpc) is 2.99. The van der Waals surface area contributed by atoms with Crippen molar-refractivity contribution < 1.29 is 4.79 Å². The first-order valence-corrected chi connectivity index (χ1v) is 8.44. The van der Waals surface area contributed by atoms with Crippen LogP contribution in [-0.2, 0) is 6.54 Å². The highest BCUT2D eigenvalue weighted by molar-refractivity contribution is 7.15. The molecule has 0 aliphatic rings. The molecule has 1 heterocycles. The second-order valence-electron chi connectivity index (χ2n) is 4.81. The number of para-hydroxylation sites is 1. The van der Waals surface area contributed by atoms with Crippen molar-refractivity contribution in [2.24, 2.45) is 0 Å². The number of nitrogens with one attached hydrogen (secondary N) is 1. The Bertz CT molecular complexity index is 831. The van der Waals surface area contributed by atoms with Gasteiger partial charge < -0.3 is 5.32 Å². The number of benzene rings is 2. The van der Waals surface area contributed by atoms with Crippen molar-refractivity contribution in [3.05, 3.63) is 80.2 Å². The van der Waals surface area contributed by atoms with Gasteiger partial charge in [-0.25, -0.2) is 4.98 Å². The summed E-state index contributed by atoms with van der Waals surface area (Å²) in [5, 5.41) is 3.88. The van der Waals surface area contributed by atoms with E-state index in [2.05, 4.69) is 10.3 Å². The van der Waals surface area contributed by atoms with E-state index >= 15 is 0 Å². The highest BCUT2D eigenvalue weighted by atomic mass is 35.5. The van der Waals surface area contributed by atoms with Crippen molar-refractivity contribution in [1.29, 1.82) is 0 Å². The lowest BCUT2D eigenvalue weighted by atomic mass is 10.0. The molecule has 23 heavy (non-hydrogen) atoms. The van der Waals surface area contributed by atoms with Gasteiger partial charge >= 0.3 is 0 Å². The number of nitrogens with zero attached hydrogens (tertiary/aromatic N) is 1. The monoisotopic (exact) mass is 362 g/mol. The minimum Gasteiger partial charge on any atom is -0.379 e. The van der Waals surface area contributed by atoms with E-state index in [-0.39, 0.29) is 5.78 Å². The summed E-state index contributed by atoms with van der Waals surface area (Å²) in [6.45, 7) is 0.565. The third-order valence-corrected chi connectivity index (χ3v) is 4.62. The van der Waals surface area contributed by atoms with Crippen molar-refractivity contribution in [1.82, 2.24) is 4.98 Å². The fourth-order valence-corrected chi connectivity index (χ4v) is 3.18. The van der Waals surface area contributed by atoms with E-state index in [0.29, 0.717) is 27.2 Å². The van der Waals surface area contributed by atoms with Crippen molar-refractivity contribution >= 4 is 46.0 Å². The lowest BCUT2D eigenvalue weighted by Gasteiger charge is -2.10. The predicted octanol–water partition coefficient (Wildman–Crippen LogP) is 5.29. The Morgan fingerprint density at radius 3 is 2.52 bits per heavy atom. The SMILES string of the molecule is O=C(c1ccc(Cl)cc1)c1ccccc1NCc1cnc(Cl)s1. The second kappa shape index (κ2) is 7.13. The molecule has 0 aliphatic heterocycles. The quantitative estimate of drug-likeness (QED) is 0.626. The molecule has 0 saturated heterocycles. The number of hydrogen-bond acceptors (Lipinski definition) is 4. The minimum absolute atomic E-state index is 0.0490. The van der Waals surface area contributed by atoms with Gasteiger partial charge in [-0.3, -0.25) is 4.79 Å². The van der Waals surface area contributed by atoms with Crippen LogP contribution in [0.5, 0.6) is 0 Å². The van der Waals surface area contributed by atoms with Crippen LogP contribution in [0.15, 0.2) is 54.7 Å². The molecule has 116 valence electrons. The van der Waals surface area contributed by atoms with Crippen LogP contribution in [0.2, 0.25) is 9.49 Å². The molecule has 0 fully saturated rings. The number of hydrogen-bond donors (Lipinski definition) is 1. The molecule has 1 N–H and O–H groups in total. The van der Waals surface area contributed by atoms with Crippen LogP contribution in [0.4, 0.5) is 5.69 Å². The summed E-state index contributed by atoms with van der Waals surface area (Å²) < 4.78 is 0.507. The fraction of sp³-hybridized carbons (Fsp3) is 0.0588. The first-order chi connectivity index (χ1) is 11.1. The maximum Gasteiger partial charge on any atom is 0.195 e. The van der Waals surface area contributed by atoms with Crippen LogP contribution in [0.1, 0.15) is 20.8 Å². The lowest BCUT2D eigenvalue weighted by molar-refractivity contribution is 0.103. The zero-order valence-electron chi connectivity index (χ0n) is 11.9. The maximum absolute atomic E-state index is 12.7. The summed E-state index contributed by atoms with van der Waals surface area (Å²) in [4.78, 5) is 17.7. The molecule has 2 aromatic carbocycles.